The molecule has 1 N–H and O–H groups in total. The quantitative estimate of drug-likeness (QED) is 0.785. The molecule has 1 fully saturated rings. The molecule has 0 saturated heterocycles. The van der Waals surface area contributed by atoms with E-state index in [2.05, 4.69) is 22.4 Å². The van der Waals surface area contributed by atoms with E-state index in [1.54, 1.807) is 7.11 Å². The van der Waals surface area contributed by atoms with Crippen molar-refractivity contribution in [3.63, 3.8) is 0 Å². The summed E-state index contributed by atoms with van der Waals surface area (Å²) < 4.78 is 7.16. The van der Waals surface area contributed by atoms with Gasteiger partial charge in [0.25, 0.3) is 0 Å². The van der Waals surface area contributed by atoms with Gasteiger partial charge in [0.2, 0.25) is 5.91 Å². The van der Waals surface area contributed by atoms with Gasteiger partial charge in [0.15, 0.2) is 5.16 Å². The number of carbonyl (C=O) groups excluding carboxylic acids is 1. The van der Waals surface area contributed by atoms with Gasteiger partial charge >= 0.3 is 0 Å². The van der Waals surface area contributed by atoms with Gasteiger partial charge < -0.3 is 10.1 Å². The molecule has 1 aliphatic carbocycles. The van der Waals surface area contributed by atoms with Crippen LogP contribution in [0.1, 0.15) is 38.4 Å². The number of nitrogens with one attached hydrogen (secondary N) is 1. The minimum atomic E-state index is 0.0662. The summed E-state index contributed by atoms with van der Waals surface area (Å²) in [6.45, 7) is 4.19. The van der Waals surface area contributed by atoms with E-state index in [-0.39, 0.29) is 5.91 Å². The molecule has 1 aliphatic rings. The monoisotopic (exact) mass is 374 g/mol. The maximum Gasteiger partial charge on any atom is 0.230 e. The van der Waals surface area contributed by atoms with E-state index < -0.39 is 0 Å². The van der Waals surface area contributed by atoms with Crippen molar-refractivity contribution in [1.82, 2.24) is 20.1 Å². The Hall–Kier alpha value is -2.02. The molecule has 1 amide bonds. The predicted octanol–water partition coefficient (Wildman–Crippen LogP) is 3.37. The van der Waals surface area contributed by atoms with E-state index in [0.717, 1.165) is 41.2 Å². The zero-order valence-corrected chi connectivity index (χ0v) is 16.4. The van der Waals surface area contributed by atoms with Crippen molar-refractivity contribution in [1.29, 1.82) is 0 Å². The van der Waals surface area contributed by atoms with Crippen LogP contribution >= 0.6 is 11.8 Å². The molecule has 1 aromatic carbocycles. The number of ether oxygens (including phenoxy) is 1. The third-order valence-corrected chi connectivity index (χ3v) is 5.77. The molecule has 2 aromatic rings. The second-order valence-electron chi connectivity index (χ2n) is 6.88. The number of rotatable bonds is 6. The zero-order valence-electron chi connectivity index (χ0n) is 15.6. The third-order valence-electron chi connectivity index (χ3n) is 4.84. The standard InChI is InChI=1S/C19H26N4O2S/c1-13-4-6-15(7-5-13)20-18(24)12-26-19-22-21-14(2)23(19)16-8-10-17(25-3)11-9-16/h8-11,13,15H,4-7,12H2,1-3H3,(H,20,24). The van der Waals surface area contributed by atoms with Gasteiger partial charge in [-0.25, -0.2) is 0 Å². The molecule has 0 aliphatic heterocycles. The molecule has 26 heavy (non-hydrogen) atoms. The Morgan fingerprint density at radius 2 is 1.92 bits per heavy atom. The van der Waals surface area contributed by atoms with Crippen LogP contribution in [0.2, 0.25) is 0 Å². The number of aryl methyl sites for hydroxylation is 1. The molecule has 1 aromatic heterocycles. The second kappa shape index (κ2) is 8.58. The molecule has 0 atom stereocenters. The summed E-state index contributed by atoms with van der Waals surface area (Å²) in [5.41, 5.74) is 0.956. The smallest absolute Gasteiger partial charge is 0.230 e. The average Bonchev–Trinajstić information content (AvgIpc) is 3.02. The van der Waals surface area contributed by atoms with Crippen LogP contribution in [0.4, 0.5) is 0 Å². The number of methoxy groups -OCH3 is 1. The number of hydrogen-bond donors (Lipinski definition) is 1. The second-order valence-corrected chi connectivity index (χ2v) is 7.82. The van der Waals surface area contributed by atoms with Crippen molar-refractivity contribution in [3.8, 4) is 11.4 Å². The number of benzene rings is 1. The number of carbonyl (C=O) groups is 1. The molecule has 0 bridgehead atoms. The van der Waals surface area contributed by atoms with E-state index in [1.807, 2.05) is 35.8 Å². The van der Waals surface area contributed by atoms with Gasteiger partial charge in [0.05, 0.1) is 12.9 Å². The van der Waals surface area contributed by atoms with Crippen LogP contribution in [0, 0.1) is 12.8 Å². The normalized spacial score (nSPS) is 20.0. The van der Waals surface area contributed by atoms with Gasteiger partial charge in [0.1, 0.15) is 11.6 Å². The highest BCUT2D eigenvalue weighted by molar-refractivity contribution is 7.99. The highest BCUT2D eigenvalue weighted by Gasteiger charge is 2.20. The molecular weight excluding hydrogens is 348 g/mol. The fourth-order valence-electron chi connectivity index (χ4n) is 3.27. The lowest BCUT2D eigenvalue weighted by Gasteiger charge is -2.26. The number of hydrogen-bond acceptors (Lipinski definition) is 5. The first-order valence-corrected chi connectivity index (χ1v) is 10.0. The fraction of sp³-hybridized carbons (Fsp3) is 0.526. The number of nitrogens with zero attached hydrogens (tertiary/aromatic N) is 3. The topological polar surface area (TPSA) is 69.0 Å². The van der Waals surface area contributed by atoms with Gasteiger partial charge in [-0.3, -0.25) is 9.36 Å². The van der Waals surface area contributed by atoms with Crippen LogP contribution in [0.5, 0.6) is 5.75 Å². The van der Waals surface area contributed by atoms with E-state index in [4.69, 9.17) is 4.74 Å². The van der Waals surface area contributed by atoms with E-state index in [9.17, 15) is 4.79 Å². The Morgan fingerprint density at radius 3 is 2.58 bits per heavy atom. The molecule has 0 spiro atoms. The van der Waals surface area contributed by atoms with Gasteiger partial charge in [-0.15, -0.1) is 10.2 Å². The Balaban J connectivity index is 1.60. The van der Waals surface area contributed by atoms with Crippen molar-refractivity contribution >= 4 is 17.7 Å². The Labute approximate surface area is 158 Å². The summed E-state index contributed by atoms with van der Waals surface area (Å²) in [7, 11) is 1.64. The van der Waals surface area contributed by atoms with E-state index >= 15 is 0 Å². The Bertz CT molecular complexity index is 736. The SMILES string of the molecule is COc1ccc(-n2c(C)nnc2SCC(=O)NC2CCC(C)CC2)cc1. The van der Waals surface area contributed by atoms with Crippen LogP contribution in [0.15, 0.2) is 29.4 Å². The van der Waals surface area contributed by atoms with Gasteiger partial charge in [-0.1, -0.05) is 18.7 Å². The van der Waals surface area contributed by atoms with Crippen LogP contribution in [0.3, 0.4) is 0 Å². The van der Waals surface area contributed by atoms with Gasteiger partial charge in [-0.05, 0) is 62.8 Å². The van der Waals surface area contributed by atoms with Crippen molar-refractivity contribution in [2.24, 2.45) is 5.92 Å². The van der Waals surface area contributed by atoms with E-state index in [1.165, 1.54) is 24.6 Å². The number of amides is 1. The molecule has 3 rings (SSSR count). The fourth-order valence-corrected chi connectivity index (χ4v) is 4.08. The predicted molar refractivity (Wildman–Crippen MR) is 103 cm³/mol. The van der Waals surface area contributed by atoms with Crippen LogP contribution < -0.4 is 10.1 Å². The van der Waals surface area contributed by atoms with Gasteiger partial charge in [-0.2, -0.15) is 0 Å². The van der Waals surface area contributed by atoms with Crippen LogP contribution in [-0.2, 0) is 4.79 Å². The van der Waals surface area contributed by atoms with E-state index in [0.29, 0.717) is 11.8 Å². The van der Waals surface area contributed by atoms with Crippen LogP contribution in [-0.4, -0.2) is 39.6 Å². The zero-order chi connectivity index (χ0) is 18.5. The Morgan fingerprint density at radius 1 is 1.23 bits per heavy atom. The summed E-state index contributed by atoms with van der Waals surface area (Å²) in [5.74, 6) is 2.79. The summed E-state index contributed by atoms with van der Waals surface area (Å²) >= 11 is 1.42. The molecule has 0 radical (unpaired) electrons. The molecular formula is C19H26N4O2S. The lowest BCUT2D eigenvalue weighted by Crippen LogP contribution is -2.38. The number of aromatic nitrogens is 3. The van der Waals surface area contributed by atoms with Crippen molar-refractivity contribution in [2.75, 3.05) is 12.9 Å². The maximum atomic E-state index is 12.3. The first kappa shape index (κ1) is 18.8. The molecule has 0 unspecified atom stereocenters. The largest absolute Gasteiger partial charge is 0.497 e. The molecule has 140 valence electrons. The minimum absolute atomic E-state index is 0.0662. The molecule has 6 nitrogen and oxygen atoms in total. The first-order chi connectivity index (χ1) is 12.6. The maximum absolute atomic E-state index is 12.3. The third kappa shape index (κ3) is 4.58. The van der Waals surface area contributed by atoms with Crippen molar-refractivity contribution in [3.05, 3.63) is 30.1 Å². The Kier molecular flexibility index (Phi) is 6.19. The summed E-state index contributed by atoms with van der Waals surface area (Å²) in [4.78, 5) is 12.3. The van der Waals surface area contributed by atoms with Crippen molar-refractivity contribution in [2.45, 2.75) is 50.7 Å². The summed E-state index contributed by atoms with van der Waals surface area (Å²) in [6.07, 6.45) is 4.56. The average molecular weight is 375 g/mol. The van der Waals surface area contributed by atoms with Crippen LogP contribution in [0.25, 0.3) is 5.69 Å². The lowest BCUT2D eigenvalue weighted by atomic mass is 9.87. The van der Waals surface area contributed by atoms with Gasteiger partial charge in [0, 0.05) is 11.7 Å². The highest BCUT2D eigenvalue weighted by atomic mass is 32.2. The summed E-state index contributed by atoms with van der Waals surface area (Å²) in [5, 5.41) is 12.3. The molecule has 1 heterocycles. The first-order valence-electron chi connectivity index (χ1n) is 9.05. The highest BCUT2D eigenvalue weighted by Crippen LogP contribution is 2.25. The molecule has 1 saturated carbocycles. The lowest BCUT2D eigenvalue weighted by molar-refractivity contribution is -0.119. The molecule has 7 heteroatoms. The minimum Gasteiger partial charge on any atom is -0.497 e. The summed E-state index contributed by atoms with van der Waals surface area (Å²) in [6, 6.07) is 8.05. The number of thioether (sulfide) groups is 1. The van der Waals surface area contributed by atoms with Crippen molar-refractivity contribution < 1.29 is 9.53 Å².